The highest BCUT2D eigenvalue weighted by atomic mass is 35.5. The molecule has 0 fully saturated rings. The van der Waals surface area contributed by atoms with E-state index >= 15 is 0 Å². The van der Waals surface area contributed by atoms with E-state index in [-0.39, 0.29) is 12.1 Å². The average Bonchev–Trinajstić information content (AvgIpc) is 2.62. The summed E-state index contributed by atoms with van der Waals surface area (Å²) in [4.78, 5) is 29.4. The number of fused-ring (bicyclic) bond motifs is 1. The van der Waals surface area contributed by atoms with E-state index in [9.17, 15) is 9.59 Å². The molecule has 1 aromatic heterocycles. The van der Waals surface area contributed by atoms with Crippen LogP contribution in [-0.4, -0.2) is 15.5 Å². The number of benzene rings is 2. The van der Waals surface area contributed by atoms with E-state index in [0.29, 0.717) is 21.1 Å². The summed E-state index contributed by atoms with van der Waals surface area (Å²) in [6.45, 7) is 3.97. The van der Waals surface area contributed by atoms with Gasteiger partial charge in [-0.15, -0.1) is 6.58 Å². The number of nitrogens with two attached hydrogens (primary N) is 1. The van der Waals surface area contributed by atoms with E-state index < -0.39 is 11.2 Å². The SMILES string of the molecule is C=CCn1c(S[C@H](C(N)=O)c2ccccc2)nc2cc(Cl)ccc2c1=O. The molecule has 0 spiro atoms. The molecular weight excluding hydrogens is 370 g/mol. The quantitative estimate of drug-likeness (QED) is 0.400. The summed E-state index contributed by atoms with van der Waals surface area (Å²) in [5.74, 6) is -0.508. The van der Waals surface area contributed by atoms with E-state index in [1.807, 2.05) is 30.3 Å². The van der Waals surface area contributed by atoms with Crippen molar-refractivity contribution in [1.82, 2.24) is 9.55 Å². The lowest BCUT2D eigenvalue weighted by molar-refractivity contribution is -0.117. The molecule has 1 atom stereocenters. The van der Waals surface area contributed by atoms with E-state index in [0.717, 1.165) is 17.3 Å². The normalized spacial score (nSPS) is 12.0. The molecular formula is C19H16ClN3O2S. The molecule has 2 N–H and O–H groups in total. The molecule has 0 aliphatic rings. The second kappa shape index (κ2) is 7.76. The second-order valence-corrected chi connectivity index (χ2v) is 7.08. The summed E-state index contributed by atoms with van der Waals surface area (Å²) in [5.41, 5.74) is 6.60. The fourth-order valence-corrected chi connectivity index (χ4v) is 3.80. The van der Waals surface area contributed by atoms with Gasteiger partial charge in [-0.05, 0) is 23.8 Å². The highest BCUT2D eigenvalue weighted by Crippen LogP contribution is 2.34. The number of allylic oxidation sites excluding steroid dienone is 1. The maximum atomic E-state index is 12.8. The molecule has 26 heavy (non-hydrogen) atoms. The van der Waals surface area contributed by atoms with Crippen molar-refractivity contribution in [3.05, 3.63) is 82.1 Å². The fourth-order valence-electron chi connectivity index (χ4n) is 2.58. The lowest BCUT2D eigenvalue weighted by Gasteiger charge is -2.16. The van der Waals surface area contributed by atoms with Gasteiger partial charge in [0.2, 0.25) is 5.91 Å². The van der Waals surface area contributed by atoms with Gasteiger partial charge in [0.25, 0.3) is 5.56 Å². The minimum absolute atomic E-state index is 0.217. The fraction of sp³-hybridized carbons (Fsp3) is 0.105. The average molecular weight is 386 g/mol. The number of primary amides is 1. The van der Waals surface area contributed by atoms with Crippen molar-refractivity contribution in [2.75, 3.05) is 0 Å². The zero-order chi connectivity index (χ0) is 18.7. The van der Waals surface area contributed by atoms with Crippen molar-refractivity contribution in [3.63, 3.8) is 0 Å². The number of carbonyl (C=O) groups excluding carboxylic acids is 1. The highest BCUT2D eigenvalue weighted by Gasteiger charge is 2.22. The van der Waals surface area contributed by atoms with Crippen molar-refractivity contribution < 1.29 is 4.79 Å². The van der Waals surface area contributed by atoms with Crippen LogP contribution in [0.3, 0.4) is 0 Å². The molecule has 7 heteroatoms. The van der Waals surface area contributed by atoms with Crippen LogP contribution in [0.5, 0.6) is 0 Å². The number of thioether (sulfide) groups is 1. The number of hydrogen-bond acceptors (Lipinski definition) is 4. The molecule has 0 bridgehead atoms. The Hall–Kier alpha value is -2.57. The lowest BCUT2D eigenvalue weighted by atomic mass is 10.1. The Balaban J connectivity index is 2.15. The van der Waals surface area contributed by atoms with Crippen LogP contribution < -0.4 is 11.3 Å². The van der Waals surface area contributed by atoms with E-state index in [1.54, 1.807) is 24.3 Å². The van der Waals surface area contributed by atoms with Gasteiger partial charge in [0.05, 0.1) is 10.9 Å². The Morgan fingerprint density at radius 2 is 2.04 bits per heavy atom. The zero-order valence-electron chi connectivity index (χ0n) is 13.8. The van der Waals surface area contributed by atoms with Crippen LogP contribution in [0.1, 0.15) is 10.8 Å². The molecule has 0 aliphatic heterocycles. The van der Waals surface area contributed by atoms with Gasteiger partial charge in [-0.25, -0.2) is 4.98 Å². The summed E-state index contributed by atoms with van der Waals surface area (Å²) in [6, 6.07) is 14.1. The molecule has 3 aromatic rings. The second-order valence-electron chi connectivity index (χ2n) is 5.57. The van der Waals surface area contributed by atoms with Gasteiger partial charge in [-0.1, -0.05) is 59.8 Å². The Morgan fingerprint density at radius 3 is 2.69 bits per heavy atom. The standard InChI is InChI=1S/C19H16ClN3O2S/c1-2-10-23-18(25)14-9-8-13(20)11-15(14)22-19(23)26-16(17(21)24)12-6-4-3-5-7-12/h2-9,11,16H,1,10H2,(H2,21,24)/t16-/m0/s1. The largest absolute Gasteiger partial charge is 0.368 e. The number of rotatable bonds is 6. The number of hydrogen-bond donors (Lipinski definition) is 1. The lowest BCUT2D eigenvalue weighted by Crippen LogP contribution is -2.25. The first-order valence-electron chi connectivity index (χ1n) is 7.83. The predicted octanol–water partition coefficient (Wildman–Crippen LogP) is 3.55. The van der Waals surface area contributed by atoms with E-state index in [4.69, 9.17) is 17.3 Å². The van der Waals surface area contributed by atoms with Gasteiger partial charge in [0.15, 0.2) is 5.16 Å². The summed E-state index contributed by atoms with van der Waals surface area (Å²) in [7, 11) is 0. The summed E-state index contributed by atoms with van der Waals surface area (Å²) in [6.07, 6.45) is 1.61. The monoisotopic (exact) mass is 385 g/mol. The maximum Gasteiger partial charge on any atom is 0.262 e. The molecule has 132 valence electrons. The topological polar surface area (TPSA) is 78.0 Å². The Bertz CT molecular complexity index is 1030. The van der Waals surface area contributed by atoms with Crippen molar-refractivity contribution in [2.24, 2.45) is 5.73 Å². The molecule has 0 unspecified atom stereocenters. The molecule has 1 amide bonds. The molecule has 0 saturated heterocycles. The predicted molar refractivity (Wildman–Crippen MR) is 105 cm³/mol. The molecule has 3 rings (SSSR count). The third kappa shape index (κ3) is 3.66. The van der Waals surface area contributed by atoms with Crippen molar-refractivity contribution in [2.45, 2.75) is 17.0 Å². The van der Waals surface area contributed by atoms with Gasteiger partial charge in [-0.2, -0.15) is 0 Å². The summed E-state index contributed by atoms with van der Waals surface area (Å²) in [5, 5.41) is 0.653. The number of carbonyl (C=O) groups is 1. The van der Waals surface area contributed by atoms with Gasteiger partial charge < -0.3 is 5.73 Å². The smallest absolute Gasteiger partial charge is 0.262 e. The van der Waals surface area contributed by atoms with E-state index in [2.05, 4.69) is 11.6 Å². The number of aromatic nitrogens is 2. The van der Waals surface area contributed by atoms with Crippen LogP contribution in [0.25, 0.3) is 10.9 Å². The zero-order valence-corrected chi connectivity index (χ0v) is 15.3. The minimum Gasteiger partial charge on any atom is -0.368 e. The molecule has 5 nitrogen and oxygen atoms in total. The first-order chi connectivity index (χ1) is 12.5. The van der Waals surface area contributed by atoms with Gasteiger partial charge >= 0.3 is 0 Å². The highest BCUT2D eigenvalue weighted by molar-refractivity contribution is 8.00. The Kier molecular flexibility index (Phi) is 5.44. The molecule has 2 aromatic carbocycles. The molecule has 1 heterocycles. The van der Waals surface area contributed by atoms with Gasteiger partial charge in [-0.3, -0.25) is 14.2 Å². The Labute approximate surface area is 159 Å². The van der Waals surface area contributed by atoms with Crippen LogP contribution in [-0.2, 0) is 11.3 Å². The third-order valence-corrected chi connectivity index (χ3v) is 5.28. The van der Waals surface area contributed by atoms with Crippen molar-refractivity contribution in [3.8, 4) is 0 Å². The first kappa shape index (κ1) is 18.2. The number of amides is 1. The third-order valence-electron chi connectivity index (χ3n) is 3.78. The molecule has 0 aliphatic carbocycles. The van der Waals surface area contributed by atoms with Crippen LogP contribution in [0.4, 0.5) is 0 Å². The summed E-state index contributed by atoms with van der Waals surface area (Å²) < 4.78 is 1.48. The molecule has 0 saturated carbocycles. The van der Waals surface area contributed by atoms with Crippen molar-refractivity contribution >= 4 is 40.2 Å². The minimum atomic E-state index is -0.671. The molecule has 0 radical (unpaired) electrons. The Morgan fingerprint density at radius 1 is 1.31 bits per heavy atom. The van der Waals surface area contributed by atoms with E-state index in [1.165, 1.54) is 4.57 Å². The number of halogens is 1. The summed E-state index contributed by atoms with van der Waals surface area (Å²) >= 11 is 7.17. The van der Waals surface area contributed by atoms with Gasteiger partial charge in [0.1, 0.15) is 5.25 Å². The van der Waals surface area contributed by atoms with Crippen LogP contribution in [0, 0.1) is 0 Å². The van der Waals surface area contributed by atoms with Gasteiger partial charge in [0, 0.05) is 11.6 Å². The van der Waals surface area contributed by atoms with Crippen molar-refractivity contribution in [1.29, 1.82) is 0 Å². The maximum absolute atomic E-state index is 12.8. The number of nitrogens with zero attached hydrogens (tertiary/aromatic N) is 2. The van der Waals surface area contributed by atoms with Crippen LogP contribution in [0.15, 0.2) is 71.1 Å². The van der Waals surface area contributed by atoms with Crippen LogP contribution >= 0.6 is 23.4 Å². The van der Waals surface area contributed by atoms with Crippen LogP contribution in [0.2, 0.25) is 5.02 Å². The first-order valence-corrected chi connectivity index (χ1v) is 9.09.